The highest BCUT2D eigenvalue weighted by Gasteiger charge is 2.69. The second-order valence-electron chi connectivity index (χ2n) is 13.3. The molecule has 3 aliphatic carbocycles. The first-order chi connectivity index (χ1) is 21.4. The third kappa shape index (κ3) is 4.88. The second kappa shape index (κ2) is 11.6. The molecule has 3 unspecified atom stereocenters. The molecule has 1 heterocycles. The van der Waals surface area contributed by atoms with Gasteiger partial charge in [0, 0.05) is 24.1 Å². The fourth-order valence-corrected chi connectivity index (χ4v) is 8.51. The molecular weight excluding hydrogens is 578 g/mol. The van der Waals surface area contributed by atoms with E-state index in [-0.39, 0.29) is 24.2 Å². The number of ether oxygens (including phenoxy) is 1. The van der Waals surface area contributed by atoms with Gasteiger partial charge >= 0.3 is 0 Å². The molecule has 3 fully saturated rings. The molecule has 0 radical (unpaired) electrons. The molecule has 45 heavy (non-hydrogen) atoms. The maximum atomic E-state index is 14.2. The van der Waals surface area contributed by atoms with E-state index in [4.69, 9.17) is 10.5 Å². The lowest BCUT2D eigenvalue weighted by Crippen LogP contribution is -2.75. The molecular formula is C34H41N3O8. The number of carbonyl (C=O) groups is 4. The maximum absolute atomic E-state index is 14.2. The van der Waals surface area contributed by atoms with Crippen molar-refractivity contribution >= 4 is 23.3 Å². The number of phenolic OH excluding ortho intramolecular Hbond substituents is 1. The lowest BCUT2D eigenvalue weighted by molar-refractivity contribution is -0.190. The highest BCUT2D eigenvalue weighted by molar-refractivity contribution is 6.25. The number of likely N-dealkylation sites (tertiary alicyclic amines) is 1. The predicted molar refractivity (Wildman–Crippen MR) is 163 cm³/mol. The topological polar surface area (TPSA) is 171 Å². The van der Waals surface area contributed by atoms with Gasteiger partial charge in [-0.25, -0.2) is 0 Å². The zero-order valence-electron chi connectivity index (χ0n) is 25.9. The molecule has 2 saturated carbocycles. The Balaban J connectivity index is 1.44. The first-order valence-corrected chi connectivity index (χ1v) is 15.6. The minimum Gasteiger partial charge on any atom is -0.507 e. The summed E-state index contributed by atoms with van der Waals surface area (Å²) in [6.45, 7) is 2.82. The summed E-state index contributed by atoms with van der Waals surface area (Å²) >= 11 is 0. The van der Waals surface area contributed by atoms with Crippen molar-refractivity contribution in [2.45, 2.75) is 56.4 Å². The van der Waals surface area contributed by atoms with Crippen LogP contribution in [0.5, 0.6) is 11.5 Å². The molecule has 11 nitrogen and oxygen atoms in total. The van der Waals surface area contributed by atoms with Gasteiger partial charge in [0.1, 0.15) is 17.4 Å². The molecule has 1 saturated heterocycles. The van der Waals surface area contributed by atoms with E-state index in [1.165, 1.54) is 12.5 Å². The fourth-order valence-electron chi connectivity index (χ4n) is 8.51. The number of Topliss-reactive ketones (excluding diaryl/α,β-unsaturated/α-hetero) is 3. The summed E-state index contributed by atoms with van der Waals surface area (Å²) in [6.07, 6.45) is 2.27. The average molecular weight is 620 g/mol. The summed E-state index contributed by atoms with van der Waals surface area (Å²) in [7, 11) is 4.82. The number of aliphatic hydroxyl groups is 2. The number of phenols is 1. The van der Waals surface area contributed by atoms with Gasteiger partial charge in [0.15, 0.2) is 23.0 Å². The third-order valence-corrected chi connectivity index (χ3v) is 10.6. The van der Waals surface area contributed by atoms with E-state index in [1.54, 1.807) is 32.2 Å². The Morgan fingerprint density at radius 2 is 1.78 bits per heavy atom. The quantitative estimate of drug-likeness (QED) is 0.346. The minimum atomic E-state index is -2.69. The number of hydrogen-bond acceptors (Lipinski definition) is 10. The number of nitrogens with zero attached hydrogens (tertiary/aromatic N) is 2. The van der Waals surface area contributed by atoms with Crippen LogP contribution in [0.15, 0.2) is 30.3 Å². The number of piperidine rings is 1. The number of hydrogen-bond donors (Lipinski definition) is 4. The number of likely N-dealkylation sites (N-methyl/N-ethyl adjacent to an activating group) is 1. The number of methoxy groups -OCH3 is 1. The molecule has 0 spiro atoms. The molecule has 0 aromatic heterocycles. The van der Waals surface area contributed by atoms with Crippen molar-refractivity contribution in [3.05, 3.63) is 47.0 Å². The van der Waals surface area contributed by atoms with Crippen LogP contribution in [0.3, 0.4) is 0 Å². The minimum absolute atomic E-state index is 0.0217. The number of primary amides is 1. The summed E-state index contributed by atoms with van der Waals surface area (Å²) in [6, 6.07) is 8.18. The SMILES string of the molecule is COc1ccc(CN2CCCCC2)cc1-c1ccc(O)c2c1C[C@@H]1C[C@@H]3[C@@H](N(C)C)C(O)C(C(N)=O)C(=O)[C@]3(O)C(=O)C1C2=O. The van der Waals surface area contributed by atoms with E-state index < -0.39 is 64.7 Å². The lowest BCUT2D eigenvalue weighted by atomic mass is 9.52. The standard InChI is InChI=1S/C34H41N3O8/c1-36(2)28-22-15-18-14-21-19(20-13-17(7-10-24(20)45-3)16-37-11-5-4-6-12-37)8-9-23(38)26(21)29(39)25(18)31(41)34(22,44)32(42)27(30(28)40)33(35)43/h7-10,13,18,22,25,27-28,30,38,40,44H,4-6,11-12,14-16H2,1-3H3,(H2,35,43)/t18-,22-,25?,27?,28-,30?,34-/m1/s1. The van der Waals surface area contributed by atoms with E-state index in [1.807, 2.05) is 18.2 Å². The Labute approximate surface area is 261 Å². The first kappa shape index (κ1) is 31.3. The summed E-state index contributed by atoms with van der Waals surface area (Å²) in [5.41, 5.74) is 5.84. The van der Waals surface area contributed by atoms with Crippen LogP contribution in [0.2, 0.25) is 0 Å². The first-order valence-electron chi connectivity index (χ1n) is 15.6. The Hall–Kier alpha value is -3.64. The molecule has 6 rings (SSSR count). The number of benzene rings is 2. The van der Waals surface area contributed by atoms with Gasteiger partial charge in [0.2, 0.25) is 5.91 Å². The zero-order chi connectivity index (χ0) is 32.4. The van der Waals surface area contributed by atoms with E-state index in [9.17, 15) is 34.5 Å². The van der Waals surface area contributed by atoms with E-state index in [2.05, 4.69) is 4.90 Å². The Morgan fingerprint density at radius 1 is 1.07 bits per heavy atom. The number of amides is 1. The van der Waals surface area contributed by atoms with Gasteiger partial charge in [-0.15, -0.1) is 0 Å². The van der Waals surface area contributed by atoms with Crippen molar-refractivity contribution in [3.8, 4) is 22.6 Å². The zero-order valence-corrected chi connectivity index (χ0v) is 25.9. The van der Waals surface area contributed by atoms with E-state index >= 15 is 0 Å². The van der Waals surface area contributed by atoms with Crippen LogP contribution in [-0.4, -0.2) is 100 Å². The van der Waals surface area contributed by atoms with Gasteiger partial charge in [-0.1, -0.05) is 18.6 Å². The fraction of sp³-hybridized carbons (Fsp3) is 0.529. The molecule has 2 aromatic carbocycles. The van der Waals surface area contributed by atoms with Gasteiger partial charge in [-0.3, -0.25) is 24.1 Å². The largest absolute Gasteiger partial charge is 0.507 e. The number of rotatable bonds is 6. The molecule has 7 atom stereocenters. The molecule has 4 aliphatic rings. The molecule has 5 N–H and O–H groups in total. The molecule has 1 amide bonds. The molecule has 0 bridgehead atoms. The third-order valence-electron chi connectivity index (χ3n) is 10.6. The number of fused-ring (bicyclic) bond motifs is 3. The Morgan fingerprint density at radius 3 is 2.42 bits per heavy atom. The number of ketones is 3. The number of aromatic hydroxyl groups is 1. The van der Waals surface area contributed by atoms with Crippen molar-refractivity contribution in [3.63, 3.8) is 0 Å². The van der Waals surface area contributed by atoms with Crippen LogP contribution < -0.4 is 10.5 Å². The van der Waals surface area contributed by atoms with E-state index in [0.717, 1.165) is 43.6 Å². The molecule has 11 heteroatoms. The van der Waals surface area contributed by atoms with Crippen LogP contribution in [-0.2, 0) is 27.3 Å². The van der Waals surface area contributed by atoms with Crippen LogP contribution in [0, 0.1) is 23.7 Å². The van der Waals surface area contributed by atoms with Gasteiger partial charge < -0.3 is 30.7 Å². The van der Waals surface area contributed by atoms with Crippen LogP contribution >= 0.6 is 0 Å². The van der Waals surface area contributed by atoms with Crippen molar-refractivity contribution in [1.29, 1.82) is 0 Å². The highest BCUT2D eigenvalue weighted by atomic mass is 16.5. The number of aliphatic hydroxyl groups excluding tert-OH is 1. The van der Waals surface area contributed by atoms with Crippen molar-refractivity contribution < 1.29 is 39.2 Å². The maximum Gasteiger partial charge on any atom is 0.230 e. The smallest absolute Gasteiger partial charge is 0.230 e. The summed E-state index contributed by atoms with van der Waals surface area (Å²) in [5, 5.41) is 33.9. The summed E-state index contributed by atoms with van der Waals surface area (Å²) in [4.78, 5) is 58.1. The van der Waals surface area contributed by atoms with Gasteiger partial charge in [-0.2, -0.15) is 0 Å². The van der Waals surface area contributed by atoms with Crippen LogP contribution in [0.4, 0.5) is 0 Å². The van der Waals surface area contributed by atoms with Crippen molar-refractivity contribution in [2.24, 2.45) is 29.4 Å². The summed E-state index contributed by atoms with van der Waals surface area (Å²) in [5.74, 6) is -8.67. The number of nitrogens with two attached hydrogens (primary N) is 1. The Kier molecular flexibility index (Phi) is 8.09. The van der Waals surface area contributed by atoms with E-state index in [0.29, 0.717) is 16.9 Å². The highest BCUT2D eigenvalue weighted by Crippen LogP contribution is 2.52. The van der Waals surface area contributed by atoms with Crippen LogP contribution in [0.1, 0.15) is 47.2 Å². The number of carbonyl (C=O) groups excluding carboxylic acids is 4. The van der Waals surface area contributed by atoms with Crippen LogP contribution in [0.25, 0.3) is 11.1 Å². The van der Waals surface area contributed by atoms with Gasteiger partial charge in [0.05, 0.1) is 24.7 Å². The monoisotopic (exact) mass is 619 g/mol. The molecule has 1 aliphatic heterocycles. The van der Waals surface area contributed by atoms with Gasteiger partial charge in [0.25, 0.3) is 0 Å². The van der Waals surface area contributed by atoms with Crippen molar-refractivity contribution in [2.75, 3.05) is 34.3 Å². The molecule has 2 aromatic rings. The Bertz CT molecular complexity index is 1570. The average Bonchev–Trinajstić information content (AvgIpc) is 2.99. The lowest BCUT2D eigenvalue weighted by Gasteiger charge is -2.54. The predicted octanol–water partition coefficient (Wildman–Crippen LogP) is 1.32. The van der Waals surface area contributed by atoms with Gasteiger partial charge in [-0.05, 0) is 93.7 Å². The van der Waals surface area contributed by atoms with Crippen molar-refractivity contribution in [1.82, 2.24) is 9.80 Å². The normalized spacial score (nSPS) is 31.7. The second-order valence-corrected chi connectivity index (χ2v) is 13.3. The summed E-state index contributed by atoms with van der Waals surface area (Å²) < 4.78 is 5.74. The molecule has 240 valence electrons.